The first-order chi connectivity index (χ1) is 13.1. The normalized spacial score (nSPS) is 10.9. The summed E-state index contributed by atoms with van der Waals surface area (Å²) in [5.74, 6) is -0.255. The van der Waals surface area contributed by atoms with E-state index in [0.29, 0.717) is 23.0 Å². The summed E-state index contributed by atoms with van der Waals surface area (Å²) in [6.07, 6.45) is 1.72. The van der Waals surface area contributed by atoms with Crippen LogP contribution in [0.15, 0.2) is 66.9 Å². The third-order valence-corrected chi connectivity index (χ3v) is 4.39. The number of carboxylic acids is 1. The Kier molecular flexibility index (Phi) is 4.48. The number of aromatic carboxylic acids is 1. The lowest BCUT2D eigenvalue weighted by Crippen LogP contribution is -2.04. The van der Waals surface area contributed by atoms with Gasteiger partial charge in [0.2, 0.25) is 0 Å². The van der Waals surface area contributed by atoms with Crippen LogP contribution in [0.1, 0.15) is 15.9 Å². The highest BCUT2D eigenvalue weighted by Gasteiger charge is 2.09. The molecule has 0 atom stereocenters. The van der Waals surface area contributed by atoms with Crippen LogP contribution in [0.4, 0.5) is 5.82 Å². The average Bonchev–Trinajstić information content (AvgIpc) is 3.10. The summed E-state index contributed by atoms with van der Waals surface area (Å²) in [5, 5.41) is 17.6. The largest absolute Gasteiger partial charge is 0.478 e. The van der Waals surface area contributed by atoms with Crippen LogP contribution >= 0.6 is 11.6 Å². The van der Waals surface area contributed by atoms with Crippen molar-refractivity contribution in [2.75, 3.05) is 5.32 Å². The molecule has 0 spiro atoms. The van der Waals surface area contributed by atoms with Crippen molar-refractivity contribution in [3.05, 3.63) is 83.0 Å². The molecule has 0 aliphatic carbocycles. The van der Waals surface area contributed by atoms with Gasteiger partial charge in [-0.1, -0.05) is 35.9 Å². The number of benzene rings is 2. The summed E-state index contributed by atoms with van der Waals surface area (Å²) >= 11 is 6.02. The first kappa shape index (κ1) is 17.1. The van der Waals surface area contributed by atoms with Gasteiger partial charge in [0.15, 0.2) is 5.65 Å². The molecule has 27 heavy (non-hydrogen) atoms. The van der Waals surface area contributed by atoms with Crippen LogP contribution in [0.25, 0.3) is 16.9 Å². The van der Waals surface area contributed by atoms with E-state index in [-0.39, 0.29) is 5.56 Å². The lowest BCUT2D eigenvalue weighted by atomic mass is 10.1. The number of halogens is 1. The summed E-state index contributed by atoms with van der Waals surface area (Å²) in [6.45, 7) is 0.594. The molecule has 4 rings (SSSR count). The van der Waals surface area contributed by atoms with Crippen molar-refractivity contribution >= 4 is 29.0 Å². The Morgan fingerprint density at radius 1 is 1.11 bits per heavy atom. The van der Waals surface area contributed by atoms with Gasteiger partial charge in [0.05, 0.1) is 17.5 Å². The van der Waals surface area contributed by atoms with E-state index in [9.17, 15) is 4.79 Å². The first-order valence-corrected chi connectivity index (χ1v) is 8.65. The summed E-state index contributed by atoms with van der Waals surface area (Å²) in [7, 11) is 0. The molecule has 0 fully saturated rings. The Morgan fingerprint density at radius 3 is 2.67 bits per heavy atom. The first-order valence-electron chi connectivity index (χ1n) is 8.27. The van der Waals surface area contributed by atoms with E-state index in [1.165, 1.54) is 0 Å². The van der Waals surface area contributed by atoms with E-state index in [1.54, 1.807) is 35.0 Å². The number of hydrogen-bond donors (Lipinski definition) is 2. The van der Waals surface area contributed by atoms with Gasteiger partial charge in [0.1, 0.15) is 5.82 Å². The highest BCUT2D eigenvalue weighted by molar-refractivity contribution is 6.30. The van der Waals surface area contributed by atoms with Crippen LogP contribution in [-0.4, -0.2) is 25.7 Å². The summed E-state index contributed by atoms with van der Waals surface area (Å²) in [6, 6.07) is 18.0. The van der Waals surface area contributed by atoms with Gasteiger partial charge in [-0.25, -0.2) is 14.3 Å². The van der Waals surface area contributed by atoms with Gasteiger partial charge in [0, 0.05) is 17.1 Å². The van der Waals surface area contributed by atoms with Crippen molar-refractivity contribution in [1.29, 1.82) is 0 Å². The molecule has 4 aromatic rings. The van der Waals surface area contributed by atoms with E-state index in [2.05, 4.69) is 15.4 Å². The zero-order valence-corrected chi connectivity index (χ0v) is 14.9. The number of aromatic nitrogens is 3. The molecule has 0 radical (unpaired) electrons. The SMILES string of the molecule is O=C(O)c1ccc(-c2cnc3ccc(NCc4cccc(Cl)c4)nn23)cc1. The van der Waals surface area contributed by atoms with Crippen molar-refractivity contribution in [2.24, 2.45) is 0 Å². The molecule has 0 amide bonds. The van der Waals surface area contributed by atoms with Gasteiger partial charge < -0.3 is 10.4 Å². The van der Waals surface area contributed by atoms with Crippen molar-refractivity contribution in [3.8, 4) is 11.3 Å². The summed E-state index contributed by atoms with van der Waals surface area (Å²) < 4.78 is 1.73. The second-order valence-electron chi connectivity index (χ2n) is 6.00. The highest BCUT2D eigenvalue weighted by atomic mass is 35.5. The van der Waals surface area contributed by atoms with Crippen molar-refractivity contribution < 1.29 is 9.90 Å². The lowest BCUT2D eigenvalue weighted by molar-refractivity contribution is 0.0697. The fourth-order valence-electron chi connectivity index (χ4n) is 2.79. The number of carboxylic acid groups (broad SMARTS) is 1. The molecule has 2 N–H and O–H groups in total. The number of nitrogens with zero attached hydrogens (tertiary/aromatic N) is 3. The Morgan fingerprint density at radius 2 is 1.93 bits per heavy atom. The molecular weight excluding hydrogens is 364 g/mol. The summed E-state index contributed by atoms with van der Waals surface area (Å²) in [5.41, 5.74) is 3.63. The minimum atomic E-state index is -0.953. The minimum Gasteiger partial charge on any atom is -0.478 e. The Labute approximate surface area is 160 Å². The Balaban J connectivity index is 1.61. The van der Waals surface area contributed by atoms with E-state index in [0.717, 1.165) is 16.8 Å². The number of carbonyl (C=O) groups is 1. The predicted molar refractivity (Wildman–Crippen MR) is 104 cm³/mol. The van der Waals surface area contributed by atoms with Crippen LogP contribution < -0.4 is 5.32 Å². The number of hydrogen-bond acceptors (Lipinski definition) is 4. The van der Waals surface area contributed by atoms with Crippen molar-refractivity contribution in [3.63, 3.8) is 0 Å². The monoisotopic (exact) mass is 378 g/mol. The molecule has 0 saturated heterocycles. The molecule has 2 heterocycles. The molecule has 7 heteroatoms. The van der Waals surface area contributed by atoms with E-state index in [1.807, 2.05) is 36.4 Å². The zero-order valence-electron chi connectivity index (χ0n) is 14.1. The van der Waals surface area contributed by atoms with Gasteiger partial charge in [-0.2, -0.15) is 0 Å². The standard InChI is InChI=1S/C20H15ClN4O2/c21-16-3-1-2-13(10-16)11-22-18-8-9-19-23-12-17(25(19)24-18)14-4-6-15(7-5-14)20(26)27/h1-10,12H,11H2,(H,22,24)(H,26,27). The number of rotatable bonds is 5. The fourth-order valence-corrected chi connectivity index (χ4v) is 3.00. The molecule has 0 aliphatic rings. The quantitative estimate of drug-likeness (QED) is 0.539. The summed E-state index contributed by atoms with van der Waals surface area (Å²) in [4.78, 5) is 15.4. The van der Waals surface area contributed by atoms with Crippen LogP contribution in [0, 0.1) is 0 Å². The maximum Gasteiger partial charge on any atom is 0.335 e. The van der Waals surface area contributed by atoms with Crippen molar-refractivity contribution in [1.82, 2.24) is 14.6 Å². The molecule has 0 aliphatic heterocycles. The Bertz CT molecular complexity index is 1120. The number of anilines is 1. The molecule has 0 bridgehead atoms. The van der Waals surface area contributed by atoms with Crippen LogP contribution in [-0.2, 0) is 6.54 Å². The Hall–Kier alpha value is -3.38. The van der Waals surface area contributed by atoms with E-state index >= 15 is 0 Å². The molecular formula is C20H15ClN4O2. The van der Waals surface area contributed by atoms with Crippen LogP contribution in [0.3, 0.4) is 0 Å². The second-order valence-corrected chi connectivity index (χ2v) is 6.43. The number of imidazole rings is 1. The van der Waals surface area contributed by atoms with Gasteiger partial charge in [-0.3, -0.25) is 0 Å². The fraction of sp³-hybridized carbons (Fsp3) is 0.0500. The lowest BCUT2D eigenvalue weighted by Gasteiger charge is -2.08. The average molecular weight is 379 g/mol. The molecule has 2 aromatic heterocycles. The predicted octanol–water partition coefficient (Wildman–Crippen LogP) is 4.36. The minimum absolute atomic E-state index is 0.240. The molecule has 0 saturated carbocycles. The molecule has 6 nitrogen and oxygen atoms in total. The molecule has 2 aromatic carbocycles. The van der Waals surface area contributed by atoms with Gasteiger partial charge in [-0.05, 0) is 42.0 Å². The second kappa shape index (κ2) is 7.09. The zero-order chi connectivity index (χ0) is 18.8. The maximum atomic E-state index is 11.0. The number of fused-ring (bicyclic) bond motifs is 1. The third kappa shape index (κ3) is 3.61. The highest BCUT2D eigenvalue weighted by Crippen LogP contribution is 2.22. The van der Waals surface area contributed by atoms with Crippen LogP contribution in [0.2, 0.25) is 5.02 Å². The van der Waals surface area contributed by atoms with Gasteiger partial charge >= 0.3 is 5.97 Å². The molecule has 0 unspecified atom stereocenters. The topological polar surface area (TPSA) is 79.5 Å². The smallest absolute Gasteiger partial charge is 0.335 e. The third-order valence-electron chi connectivity index (χ3n) is 4.15. The maximum absolute atomic E-state index is 11.0. The van der Waals surface area contributed by atoms with E-state index < -0.39 is 5.97 Å². The van der Waals surface area contributed by atoms with E-state index in [4.69, 9.17) is 16.7 Å². The van der Waals surface area contributed by atoms with Gasteiger partial charge in [0.25, 0.3) is 0 Å². The van der Waals surface area contributed by atoms with Gasteiger partial charge in [-0.15, -0.1) is 5.10 Å². The van der Waals surface area contributed by atoms with Crippen LogP contribution in [0.5, 0.6) is 0 Å². The number of nitrogens with one attached hydrogen (secondary N) is 1. The molecule has 134 valence electrons. The van der Waals surface area contributed by atoms with Crippen molar-refractivity contribution in [2.45, 2.75) is 6.54 Å².